The molecule has 0 saturated heterocycles. The SMILES string of the molecule is COc1cccc(CSc2nnc(CNC(=O)Nc3ccccc3)n2-c2ccc(Cl)cc2Cl)c1. The molecule has 3 aromatic carbocycles. The van der Waals surface area contributed by atoms with Crippen LogP contribution in [0.15, 0.2) is 78.0 Å². The van der Waals surface area contributed by atoms with Gasteiger partial charge in [0.2, 0.25) is 0 Å². The first-order valence-corrected chi connectivity index (χ1v) is 12.0. The molecular formula is C24H21Cl2N5O2S. The maximum atomic E-state index is 12.4. The lowest BCUT2D eigenvalue weighted by Crippen LogP contribution is -2.29. The van der Waals surface area contributed by atoms with Crippen LogP contribution in [0, 0.1) is 0 Å². The first-order chi connectivity index (χ1) is 16.5. The Morgan fingerprint density at radius 3 is 2.62 bits per heavy atom. The topological polar surface area (TPSA) is 81.1 Å². The first-order valence-electron chi connectivity index (χ1n) is 10.3. The Labute approximate surface area is 211 Å². The monoisotopic (exact) mass is 513 g/mol. The maximum Gasteiger partial charge on any atom is 0.319 e. The number of anilines is 1. The Balaban J connectivity index is 1.56. The van der Waals surface area contributed by atoms with Crippen molar-refractivity contribution < 1.29 is 9.53 Å². The van der Waals surface area contributed by atoms with Crippen LogP contribution in [0.2, 0.25) is 10.0 Å². The van der Waals surface area contributed by atoms with Gasteiger partial charge in [-0.25, -0.2) is 4.79 Å². The highest BCUT2D eigenvalue weighted by molar-refractivity contribution is 7.98. The van der Waals surface area contributed by atoms with Crippen LogP contribution in [0.25, 0.3) is 5.69 Å². The van der Waals surface area contributed by atoms with Gasteiger partial charge in [0.15, 0.2) is 11.0 Å². The molecule has 7 nitrogen and oxygen atoms in total. The number of thioether (sulfide) groups is 1. The molecule has 0 radical (unpaired) electrons. The van der Waals surface area contributed by atoms with Gasteiger partial charge in [0.1, 0.15) is 5.75 Å². The van der Waals surface area contributed by atoms with Crippen LogP contribution in [-0.2, 0) is 12.3 Å². The molecule has 0 aliphatic carbocycles. The number of rotatable bonds is 8. The minimum absolute atomic E-state index is 0.143. The molecule has 0 bridgehead atoms. The van der Waals surface area contributed by atoms with Gasteiger partial charge < -0.3 is 15.4 Å². The molecule has 2 amide bonds. The average molecular weight is 514 g/mol. The summed E-state index contributed by atoms with van der Waals surface area (Å²) in [7, 11) is 1.64. The number of nitrogens with one attached hydrogen (secondary N) is 2. The Bertz CT molecular complexity index is 1280. The first kappa shape index (κ1) is 23.9. The second-order valence-corrected chi connectivity index (χ2v) is 8.93. The second-order valence-electron chi connectivity index (χ2n) is 7.14. The van der Waals surface area contributed by atoms with E-state index in [0.29, 0.717) is 38.2 Å². The number of para-hydroxylation sites is 1. The zero-order valence-corrected chi connectivity index (χ0v) is 20.5. The number of aromatic nitrogens is 3. The van der Waals surface area contributed by atoms with E-state index < -0.39 is 0 Å². The Morgan fingerprint density at radius 2 is 1.85 bits per heavy atom. The summed E-state index contributed by atoms with van der Waals surface area (Å²) < 4.78 is 7.14. The molecule has 174 valence electrons. The lowest BCUT2D eigenvalue weighted by Gasteiger charge is -2.13. The van der Waals surface area contributed by atoms with Crippen molar-refractivity contribution in [3.8, 4) is 11.4 Å². The summed E-state index contributed by atoms with van der Waals surface area (Å²) in [6.07, 6.45) is 0. The van der Waals surface area contributed by atoms with E-state index in [2.05, 4.69) is 20.8 Å². The predicted octanol–water partition coefficient (Wildman–Crippen LogP) is 6.20. The van der Waals surface area contributed by atoms with E-state index in [1.165, 1.54) is 11.8 Å². The van der Waals surface area contributed by atoms with E-state index in [0.717, 1.165) is 11.3 Å². The van der Waals surface area contributed by atoms with E-state index in [4.69, 9.17) is 27.9 Å². The van der Waals surface area contributed by atoms with Crippen LogP contribution in [-0.4, -0.2) is 27.9 Å². The highest BCUT2D eigenvalue weighted by Crippen LogP contribution is 2.31. The largest absolute Gasteiger partial charge is 0.497 e. The quantitative estimate of drug-likeness (QED) is 0.274. The normalized spacial score (nSPS) is 10.7. The third-order valence-corrected chi connectivity index (χ3v) is 6.33. The Hall–Kier alpha value is -3.20. The molecule has 0 spiro atoms. The fourth-order valence-electron chi connectivity index (χ4n) is 3.18. The molecule has 4 rings (SSSR count). The van der Waals surface area contributed by atoms with Crippen LogP contribution in [0.1, 0.15) is 11.4 Å². The molecule has 2 N–H and O–H groups in total. The standard InChI is InChI=1S/C24H21Cl2N5O2S/c1-33-19-9-5-6-16(12-19)15-34-24-30-29-22(31(24)21-11-10-17(25)13-20(21)26)14-27-23(32)28-18-7-3-2-4-8-18/h2-13H,14-15H2,1H3,(H2,27,28,32). The number of carbonyl (C=O) groups is 1. The smallest absolute Gasteiger partial charge is 0.319 e. The van der Waals surface area contributed by atoms with Gasteiger partial charge >= 0.3 is 6.03 Å². The van der Waals surface area contributed by atoms with Crippen molar-refractivity contribution in [2.75, 3.05) is 12.4 Å². The van der Waals surface area contributed by atoms with Gasteiger partial charge in [0.25, 0.3) is 0 Å². The summed E-state index contributed by atoms with van der Waals surface area (Å²) in [5, 5.41) is 15.9. The second kappa shape index (κ2) is 11.3. The fourth-order valence-corrected chi connectivity index (χ4v) is 4.58. The number of methoxy groups -OCH3 is 1. The molecule has 10 heteroatoms. The number of urea groups is 1. The van der Waals surface area contributed by atoms with E-state index in [1.54, 1.807) is 25.3 Å². The van der Waals surface area contributed by atoms with Crippen LogP contribution in [0.5, 0.6) is 5.75 Å². The van der Waals surface area contributed by atoms with Gasteiger partial charge in [-0.05, 0) is 48.0 Å². The van der Waals surface area contributed by atoms with Gasteiger partial charge in [0, 0.05) is 16.5 Å². The number of hydrogen-bond acceptors (Lipinski definition) is 5. The zero-order valence-electron chi connectivity index (χ0n) is 18.2. The van der Waals surface area contributed by atoms with Crippen molar-refractivity contribution in [3.05, 3.63) is 94.2 Å². The molecule has 0 atom stereocenters. The summed E-state index contributed by atoms with van der Waals surface area (Å²) in [6, 6.07) is 21.9. The van der Waals surface area contributed by atoms with Gasteiger partial charge in [0.05, 0.1) is 24.4 Å². The summed E-state index contributed by atoms with van der Waals surface area (Å²) in [5.41, 5.74) is 2.43. The molecule has 0 aliphatic heterocycles. The molecule has 34 heavy (non-hydrogen) atoms. The third-order valence-electron chi connectivity index (χ3n) is 4.79. The van der Waals surface area contributed by atoms with Crippen LogP contribution < -0.4 is 15.4 Å². The third kappa shape index (κ3) is 6.02. The number of benzene rings is 3. The van der Waals surface area contributed by atoms with Gasteiger partial charge in [-0.1, -0.05) is 65.3 Å². The van der Waals surface area contributed by atoms with Crippen molar-refractivity contribution in [2.24, 2.45) is 0 Å². The minimum Gasteiger partial charge on any atom is -0.497 e. The highest BCUT2D eigenvalue weighted by Gasteiger charge is 2.18. The molecule has 0 saturated carbocycles. The van der Waals surface area contributed by atoms with Crippen molar-refractivity contribution in [1.29, 1.82) is 0 Å². The van der Waals surface area contributed by atoms with Crippen molar-refractivity contribution in [1.82, 2.24) is 20.1 Å². The van der Waals surface area contributed by atoms with Crippen LogP contribution in [0.4, 0.5) is 10.5 Å². The van der Waals surface area contributed by atoms with Crippen LogP contribution in [0.3, 0.4) is 0 Å². The minimum atomic E-state index is -0.353. The molecule has 1 heterocycles. The van der Waals surface area contributed by atoms with Gasteiger partial charge in [-0.15, -0.1) is 10.2 Å². The van der Waals surface area contributed by atoms with Crippen molar-refractivity contribution >= 4 is 46.7 Å². The molecular weight excluding hydrogens is 493 g/mol. The summed E-state index contributed by atoms with van der Waals surface area (Å²) in [5.74, 6) is 1.96. The van der Waals surface area contributed by atoms with Gasteiger partial charge in [-0.3, -0.25) is 4.57 Å². The van der Waals surface area contributed by atoms with E-state index >= 15 is 0 Å². The number of carbonyl (C=O) groups excluding carboxylic acids is 1. The zero-order chi connectivity index (χ0) is 23.9. The molecule has 1 aromatic heterocycles. The van der Waals surface area contributed by atoms with Crippen molar-refractivity contribution in [2.45, 2.75) is 17.5 Å². The highest BCUT2D eigenvalue weighted by atomic mass is 35.5. The number of hydrogen-bond donors (Lipinski definition) is 2. The van der Waals surface area contributed by atoms with E-state index in [1.807, 2.05) is 59.2 Å². The van der Waals surface area contributed by atoms with Crippen LogP contribution >= 0.6 is 35.0 Å². The summed E-state index contributed by atoms with van der Waals surface area (Å²) in [6.45, 7) is 0.143. The molecule has 4 aromatic rings. The number of halogens is 2. The lowest BCUT2D eigenvalue weighted by atomic mass is 10.2. The fraction of sp³-hybridized carbons (Fsp3) is 0.125. The lowest BCUT2D eigenvalue weighted by molar-refractivity contribution is 0.251. The summed E-state index contributed by atoms with van der Waals surface area (Å²) in [4.78, 5) is 12.4. The average Bonchev–Trinajstić information content (AvgIpc) is 3.24. The van der Waals surface area contributed by atoms with E-state index in [9.17, 15) is 4.79 Å². The molecule has 0 fully saturated rings. The summed E-state index contributed by atoms with van der Waals surface area (Å²) >= 11 is 14.1. The molecule has 0 unspecified atom stereocenters. The van der Waals surface area contributed by atoms with Crippen molar-refractivity contribution in [3.63, 3.8) is 0 Å². The van der Waals surface area contributed by atoms with Gasteiger partial charge in [-0.2, -0.15) is 0 Å². The number of amides is 2. The molecule has 0 aliphatic rings. The van der Waals surface area contributed by atoms with E-state index in [-0.39, 0.29) is 12.6 Å². The number of nitrogens with zero attached hydrogens (tertiary/aromatic N) is 3. The Morgan fingerprint density at radius 1 is 1.03 bits per heavy atom. The maximum absolute atomic E-state index is 12.4. The Kier molecular flexibility index (Phi) is 7.95. The predicted molar refractivity (Wildman–Crippen MR) is 136 cm³/mol. The number of ether oxygens (including phenoxy) is 1.